The third-order valence-electron chi connectivity index (χ3n) is 5.71. The normalized spacial score (nSPS) is 11.6. The molecule has 0 saturated heterocycles. The molecule has 4 N–H and O–H groups in total. The van der Waals surface area contributed by atoms with Crippen molar-refractivity contribution in [2.45, 2.75) is 29.7 Å². The van der Waals surface area contributed by atoms with Crippen molar-refractivity contribution in [2.24, 2.45) is 0 Å². The molecule has 4 rings (SSSR count). The monoisotopic (exact) mass is 533 g/mol. The lowest BCUT2D eigenvalue weighted by Crippen LogP contribution is -2.12. The second-order valence-electron chi connectivity index (χ2n) is 8.28. The van der Waals surface area contributed by atoms with Crippen molar-refractivity contribution in [2.75, 3.05) is 12.3 Å². The number of aromatic nitrogens is 2. The number of benzene rings is 2. The molecule has 11 heteroatoms. The Morgan fingerprint density at radius 3 is 2.37 bits per heavy atom. The minimum atomic E-state index is -1.02. The number of aliphatic hydroxyl groups excluding tert-OH is 2. The molecular formula is C27H21F2N5O3S. The molecule has 2 heterocycles. The van der Waals surface area contributed by atoms with E-state index < -0.39 is 17.7 Å². The van der Waals surface area contributed by atoms with Gasteiger partial charge in [-0.3, -0.25) is 0 Å². The highest BCUT2D eigenvalue weighted by molar-refractivity contribution is 7.98. The Balaban J connectivity index is 1.60. The molecule has 192 valence electrons. The van der Waals surface area contributed by atoms with E-state index in [2.05, 4.69) is 16.0 Å². The average Bonchev–Trinajstić information content (AvgIpc) is 3.41. The van der Waals surface area contributed by atoms with Gasteiger partial charge in [0.25, 0.3) is 0 Å². The summed E-state index contributed by atoms with van der Waals surface area (Å²) in [5.74, 6) is -1.68. The second-order valence-corrected chi connectivity index (χ2v) is 9.25. The van der Waals surface area contributed by atoms with Gasteiger partial charge in [-0.05, 0) is 42.2 Å². The van der Waals surface area contributed by atoms with Gasteiger partial charge in [-0.15, -0.1) is 0 Å². The molecule has 1 atom stereocenters. The number of nitriles is 2. The zero-order valence-electron chi connectivity index (χ0n) is 19.9. The van der Waals surface area contributed by atoms with Gasteiger partial charge in [0, 0.05) is 16.9 Å². The molecule has 8 nitrogen and oxygen atoms in total. The molecule has 0 radical (unpaired) electrons. The Bertz CT molecular complexity index is 1540. The summed E-state index contributed by atoms with van der Waals surface area (Å²) in [6, 6.07) is 14.7. The van der Waals surface area contributed by atoms with Crippen LogP contribution in [0.15, 0.2) is 58.2 Å². The van der Waals surface area contributed by atoms with E-state index in [1.54, 1.807) is 12.1 Å². The number of rotatable bonds is 9. The van der Waals surface area contributed by atoms with Crippen molar-refractivity contribution >= 4 is 17.6 Å². The fraction of sp³-hybridized carbons (Fsp3) is 0.185. The van der Waals surface area contributed by atoms with Crippen LogP contribution >= 0.6 is 11.8 Å². The van der Waals surface area contributed by atoms with Crippen molar-refractivity contribution in [3.8, 4) is 34.7 Å². The van der Waals surface area contributed by atoms with Crippen LogP contribution in [0.5, 0.6) is 0 Å². The van der Waals surface area contributed by atoms with Gasteiger partial charge in [-0.1, -0.05) is 36.0 Å². The topological polar surface area (TPSA) is 153 Å². The summed E-state index contributed by atoms with van der Waals surface area (Å²) >= 11 is 1.17. The fourth-order valence-corrected chi connectivity index (χ4v) is 4.60. The highest BCUT2D eigenvalue weighted by Crippen LogP contribution is 2.37. The molecule has 2 aromatic carbocycles. The Hall–Kier alpha value is -4.29. The Morgan fingerprint density at radius 1 is 1.00 bits per heavy atom. The van der Waals surface area contributed by atoms with Crippen LogP contribution in [0.1, 0.15) is 28.8 Å². The van der Waals surface area contributed by atoms with Gasteiger partial charge in [-0.2, -0.15) is 10.5 Å². The number of nitrogen functional groups attached to an aromatic ring is 1. The number of hydrogen-bond acceptors (Lipinski definition) is 9. The third-order valence-corrected chi connectivity index (χ3v) is 6.72. The number of hydrogen-bond donors (Lipinski definition) is 3. The molecule has 0 aliphatic heterocycles. The van der Waals surface area contributed by atoms with Gasteiger partial charge >= 0.3 is 0 Å². The van der Waals surface area contributed by atoms with Crippen molar-refractivity contribution < 1.29 is 23.4 Å². The summed E-state index contributed by atoms with van der Waals surface area (Å²) in [5, 5.41) is 38.6. The maximum Gasteiger partial charge on any atom is 0.226 e. The maximum atomic E-state index is 13.6. The number of aliphatic hydroxyl groups is 2. The van der Waals surface area contributed by atoms with Gasteiger partial charge in [-0.25, -0.2) is 18.7 Å². The van der Waals surface area contributed by atoms with Crippen LogP contribution in [0.3, 0.4) is 0 Å². The molecule has 0 spiro atoms. The summed E-state index contributed by atoms with van der Waals surface area (Å²) in [5.41, 5.74) is 8.96. The largest absolute Gasteiger partial charge is 0.444 e. The molecule has 0 saturated carbocycles. The smallest absolute Gasteiger partial charge is 0.226 e. The van der Waals surface area contributed by atoms with Crippen LogP contribution in [0.25, 0.3) is 22.6 Å². The molecule has 2 aromatic heterocycles. The molecule has 0 bridgehead atoms. The van der Waals surface area contributed by atoms with Crippen molar-refractivity contribution in [3.05, 3.63) is 82.7 Å². The van der Waals surface area contributed by atoms with E-state index in [1.807, 2.05) is 18.2 Å². The van der Waals surface area contributed by atoms with Crippen LogP contribution in [-0.2, 0) is 12.2 Å². The average molecular weight is 534 g/mol. The van der Waals surface area contributed by atoms with Gasteiger partial charge in [0.05, 0.1) is 24.0 Å². The summed E-state index contributed by atoms with van der Waals surface area (Å²) in [6.45, 7) is -0.313. The number of oxazole rings is 1. The molecular weight excluding hydrogens is 512 g/mol. The predicted octanol–water partition coefficient (Wildman–Crippen LogP) is 4.59. The molecule has 4 aromatic rings. The second kappa shape index (κ2) is 11.8. The summed E-state index contributed by atoms with van der Waals surface area (Å²) in [4.78, 5) is 8.57. The highest BCUT2D eigenvalue weighted by atomic mass is 32.2. The van der Waals surface area contributed by atoms with Crippen LogP contribution in [-0.4, -0.2) is 32.9 Å². The fourth-order valence-electron chi connectivity index (χ4n) is 3.73. The first-order valence-electron chi connectivity index (χ1n) is 11.4. The molecule has 38 heavy (non-hydrogen) atoms. The van der Waals surface area contributed by atoms with E-state index in [-0.39, 0.29) is 40.8 Å². The number of halogens is 2. The van der Waals surface area contributed by atoms with Crippen LogP contribution in [0.2, 0.25) is 0 Å². The van der Waals surface area contributed by atoms with Crippen LogP contribution in [0, 0.1) is 34.3 Å². The number of anilines is 1. The molecule has 0 fully saturated rings. The zero-order valence-corrected chi connectivity index (χ0v) is 20.7. The van der Waals surface area contributed by atoms with E-state index in [4.69, 9.17) is 15.3 Å². The number of pyridine rings is 1. The van der Waals surface area contributed by atoms with Gasteiger partial charge in [0.15, 0.2) is 11.6 Å². The van der Waals surface area contributed by atoms with E-state index >= 15 is 0 Å². The summed E-state index contributed by atoms with van der Waals surface area (Å²) in [7, 11) is 0. The lowest BCUT2D eigenvalue weighted by Gasteiger charge is -2.13. The first kappa shape index (κ1) is 26.8. The number of aryl methyl sites for hydroxylation is 1. The SMILES string of the molecule is N#Cc1c(N)nc(SCc2coc(-c3ccc(F)c(F)c3)n2)c(C#N)c1-c1ccc(CC[C@H](O)CO)cc1. The predicted molar refractivity (Wildman–Crippen MR) is 136 cm³/mol. The van der Waals surface area contributed by atoms with Crippen molar-refractivity contribution in [1.82, 2.24) is 9.97 Å². The van der Waals surface area contributed by atoms with Crippen LogP contribution in [0.4, 0.5) is 14.6 Å². The lowest BCUT2D eigenvalue weighted by molar-refractivity contribution is 0.0886. The van der Waals surface area contributed by atoms with Crippen molar-refractivity contribution in [1.29, 1.82) is 10.5 Å². The first-order valence-corrected chi connectivity index (χ1v) is 12.4. The molecule has 0 aliphatic rings. The number of thioether (sulfide) groups is 1. The number of nitrogens with zero attached hydrogens (tertiary/aromatic N) is 4. The van der Waals surface area contributed by atoms with E-state index in [0.29, 0.717) is 34.7 Å². The first-order chi connectivity index (χ1) is 18.3. The zero-order chi connectivity index (χ0) is 27.2. The van der Waals surface area contributed by atoms with Gasteiger partial charge < -0.3 is 20.4 Å². The van der Waals surface area contributed by atoms with Gasteiger partial charge in [0.2, 0.25) is 5.89 Å². The minimum absolute atomic E-state index is 0.0261. The lowest BCUT2D eigenvalue weighted by atomic mass is 9.95. The third kappa shape index (κ3) is 5.82. The summed E-state index contributed by atoms with van der Waals surface area (Å²) in [6.07, 6.45) is 1.51. The van der Waals surface area contributed by atoms with E-state index in [9.17, 15) is 24.4 Å². The van der Waals surface area contributed by atoms with E-state index in [1.165, 1.54) is 24.1 Å². The van der Waals surface area contributed by atoms with Crippen molar-refractivity contribution in [3.63, 3.8) is 0 Å². The standard InChI is InChI=1S/C27H21F2N5O3S/c28-22-8-6-17(9-23(22)29)26-33-18(13-37-26)14-38-27-21(11-31)24(20(10-30)25(32)34-27)16-4-1-15(2-5-16)3-7-19(36)12-35/h1-2,4-6,8-9,13,19,35-36H,3,7,12,14H2,(H2,32,34)/t19-/m0/s1. The quantitative estimate of drug-likeness (QED) is 0.262. The molecule has 0 unspecified atom stereocenters. The Kier molecular flexibility index (Phi) is 8.34. The highest BCUT2D eigenvalue weighted by Gasteiger charge is 2.21. The Labute approximate surface area is 221 Å². The summed E-state index contributed by atoms with van der Waals surface area (Å²) < 4.78 is 32.2. The van der Waals surface area contributed by atoms with Gasteiger partial charge in [0.1, 0.15) is 34.8 Å². The minimum Gasteiger partial charge on any atom is -0.444 e. The Morgan fingerprint density at radius 2 is 1.71 bits per heavy atom. The molecule has 0 aliphatic carbocycles. The molecule has 0 amide bonds. The van der Waals surface area contributed by atoms with E-state index in [0.717, 1.165) is 17.7 Å². The maximum absolute atomic E-state index is 13.6. The van der Waals surface area contributed by atoms with Crippen LogP contribution < -0.4 is 5.73 Å². The number of nitrogens with two attached hydrogens (primary N) is 1.